The van der Waals surface area contributed by atoms with Gasteiger partial charge in [-0.25, -0.2) is 4.39 Å². The molecular weight excluding hydrogens is 428 g/mol. The van der Waals surface area contributed by atoms with Crippen LogP contribution in [0, 0.1) is 12.7 Å². The fourth-order valence-corrected chi connectivity index (χ4v) is 1.83. The van der Waals surface area contributed by atoms with Crippen molar-refractivity contribution in [1.82, 2.24) is 20.8 Å². The van der Waals surface area contributed by atoms with Gasteiger partial charge in [-0.05, 0) is 26.0 Å². The van der Waals surface area contributed by atoms with Crippen LogP contribution in [-0.2, 0) is 6.54 Å². The van der Waals surface area contributed by atoms with Crippen LogP contribution in [-0.4, -0.2) is 35.8 Å². The van der Waals surface area contributed by atoms with Gasteiger partial charge in [-0.15, -0.1) is 24.0 Å². The summed E-state index contributed by atoms with van der Waals surface area (Å²) in [6, 6.07) is 6.31. The highest BCUT2D eigenvalue weighted by Gasteiger charge is 2.09. The lowest BCUT2D eigenvalue weighted by atomic mass is 10.3. The highest BCUT2D eigenvalue weighted by molar-refractivity contribution is 14.0. The fourth-order valence-electron chi connectivity index (χ4n) is 1.83. The average Bonchev–Trinajstić information content (AvgIpc) is 2.95. The fraction of sp³-hybridized carbons (Fsp3) is 0.400. The maximum absolute atomic E-state index is 13.5. The molecule has 1 aromatic carbocycles. The van der Waals surface area contributed by atoms with Crippen molar-refractivity contribution in [1.29, 1.82) is 0 Å². The summed E-state index contributed by atoms with van der Waals surface area (Å²) in [6.07, 6.45) is -0.240. The van der Waals surface area contributed by atoms with E-state index in [4.69, 9.17) is 9.26 Å². The molecule has 0 fully saturated rings. The highest BCUT2D eigenvalue weighted by atomic mass is 127. The molecule has 0 amide bonds. The summed E-state index contributed by atoms with van der Waals surface area (Å²) in [5, 5.41) is 9.84. The van der Waals surface area contributed by atoms with Gasteiger partial charge in [0.25, 0.3) is 0 Å². The van der Waals surface area contributed by atoms with Gasteiger partial charge in [0.1, 0.15) is 6.10 Å². The first-order valence-electron chi connectivity index (χ1n) is 7.23. The zero-order valence-electron chi connectivity index (χ0n) is 13.7. The van der Waals surface area contributed by atoms with Gasteiger partial charge in [0.15, 0.2) is 23.4 Å². The zero-order valence-corrected chi connectivity index (χ0v) is 16.1. The Bertz CT molecular complexity index is 665. The molecule has 2 N–H and O–H groups in total. The summed E-state index contributed by atoms with van der Waals surface area (Å²) in [5.74, 6) is 1.46. The third kappa shape index (κ3) is 6.30. The lowest BCUT2D eigenvalue weighted by Gasteiger charge is -2.17. The normalized spacial score (nSPS) is 12.2. The molecule has 0 aliphatic rings. The molecule has 0 aliphatic carbocycles. The number of hydrogen-bond acceptors (Lipinski definition) is 5. The Kier molecular flexibility index (Phi) is 8.44. The van der Waals surface area contributed by atoms with E-state index in [9.17, 15) is 4.39 Å². The second-order valence-corrected chi connectivity index (χ2v) is 4.90. The first kappa shape index (κ1) is 20.1. The first-order chi connectivity index (χ1) is 11.1. The SMILES string of the molecule is CN=C(NCc1nc(C)no1)NCC(C)Oc1ccccc1F.I. The van der Waals surface area contributed by atoms with Crippen molar-refractivity contribution in [2.24, 2.45) is 4.99 Å². The van der Waals surface area contributed by atoms with Crippen molar-refractivity contribution in [3.63, 3.8) is 0 Å². The van der Waals surface area contributed by atoms with E-state index in [1.54, 1.807) is 32.2 Å². The highest BCUT2D eigenvalue weighted by Crippen LogP contribution is 2.16. The van der Waals surface area contributed by atoms with Gasteiger partial charge in [-0.2, -0.15) is 4.98 Å². The molecule has 1 aromatic heterocycles. The van der Waals surface area contributed by atoms with E-state index in [0.29, 0.717) is 30.8 Å². The molecule has 0 saturated heterocycles. The Morgan fingerprint density at radius 2 is 2.12 bits per heavy atom. The van der Waals surface area contributed by atoms with Crippen LogP contribution in [0.5, 0.6) is 5.75 Å². The summed E-state index contributed by atoms with van der Waals surface area (Å²) < 4.78 is 24.1. The molecule has 24 heavy (non-hydrogen) atoms. The van der Waals surface area contributed by atoms with Gasteiger partial charge in [0, 0.05) is 7.05 Å². The van der Waals surface area contributed by atoms with E-state index in [-0.39, 0.29) is 41.6 Å². The summed E-state index contributed by atoms with van der Waals surface area (Å²) >= 11 is 0. The van der Waals surface area contributed by atoms with Crippen molar-refractivity contribution in [2.75, 3.05) is 13.6 Å². The molecule has 1 unspecified atom stereocenters. The van der Waals surface area contributed by atoms with Crippen molar-refractivity contribution in [3.05, 3.63) is 41.8 Å². The first-order valence-corrected chi connectivity index (χ1v) is 7.23. The molecule has 2 rings (SSSR count). The van der Waals surface area contributed by atoms with Crippen LogP contribution in [0.1, 0.15) is 18.6 Å². The Morgan fingerprint density at radius 1 is 1.38 bits per heavy atom. The topological polar surface area (TPSA) is 84.6 Å². The Balaban J connectivity index is 0.00000288. The van der Waals surface area contributed by atoms with Gasteiger partial charge in [-0.1, -0.05) is 17.3 Å². The van der Waals surface area contributed by atoms with E-state index in [0.717, 1.165) is 0 Å². The number of hydrogen-bond donors (Lipinski definition) is 2. The predicted octanol–water partition coefficient (Wildman–Crippen LogP) is 2.27. The van der Waals surface area contributed by atoms with E-state index >= 15 is 0 Å². The number of aliphatic imine (C=N–C) groups is 1. The van der Waals surface area contributed by atoms with E-state index in [1.165, 1.54) is 6.07 Å². The van der Waals surface area contributed by atoms with Crippen molar-refractivity contribution in [2.45, 2.75) is 26.5 Å². The average molecular weight is 449 g/mol. The maximum Gasteiger partial charge on any atom is 0.246 e. The number of benzene rings is 1. The molecular formula is C15H21FIN5O2. The smallest absolute Gasteiger partial charge is 0.246 e. The molecule has 0 bridgehead atoms. The maximum atomic E-state index is 13.5. The lowest BCUT2D eigenvalue weighted by molar-refractivity contribution is 0.214. The molecule has 0 saturated carbocycles. The second kappa shape index (κ2) is 10.1. The van der Waals surface area contributed by atoms with Crippen LogP contribution in [0.25, 0.3) is 0 Å². The summed E-state index contributed by atoms with van der Waals surface area (Å²) in [4.78, 5) is 8.17. The van der Waals surface area contributed by atoms with Crippen molar-refractivity contribution in [3.8, 4) is 5.75 Å². The predicted molar refractivity (Wildman–Crippen MR) is 99.1 cm³/mol. The molecule has 0 radical (unpaired) electrons. The van der Waals surface area contributed by atoms with Crippen LogP contribution in [0.3, 0.4) is 0 Å². The summed E-state index contributed by atoms with van der Waals surface area (Å²) in [6.45, 7) is 4.41. The van der Waals surface area contributed by atoms with Gasteiger partial charge in [-0.3, -0.25) is 4.99 Å². The van der Waals surface area contributed by atoms with E-state index in [1.807, 2.05) is 6.92 Å². The molecule has 1 atom stereocenters. The van der Waals surface area contributed by atoms with Crippen molar-refractivity contribution < 1.29 is 13.7 Å². The quantitative estimate of drug-likeness (QED) is 0.400. The Labute approximate surface area is 157 Å². The third-order valence-electron chi connectivity index (χ3n) is 2.92. The molecule has 0 spiro atoms. The largest absolute Gasteiger partial charge is 0.486 e. The van der Waals surface area contributed by atoms with E-state index < -0.39 is 0 Å². The monoisotopic (exact) mass is 449 g/mol. The molecule has 7 nitrogen and oxygen atoms in total. The molecule has 132 valence electrons. The van der Waals surface area contributed by atoms with Crippen molar-refractivity contribution >= 4 is 29.9 Å². The summed E-state index contributed by atoms with van der Waals surface area (Å²) in [7, 11) is 1.65. The Morgan fingerprint density at radius 3 is 2.75 bits per heavy atom. The number of ether oxygens (including phenoxy) is 1. The molecule has 9 heteroatoms. The number of nitrogens with one attached hydrogen (secondary N) is 2. The number of para-hydroxylation sites is 1. The molecule has 0 aliphatic heterocycles. The Hall–Kier alpha value is -1.91. The zero-order chi connectivity index (χ0) is 16.7. The number of halogens is 2. The third-order valence-corrected chi connectivity index (χ3v) is 2.92. The lowest BCUT2D eigenvalue weighted by Crippen LogP contribution is -2.41. The number of nitrogens with zero attached hydrogens (tertiary/aromatic N) is 3. The van der Waals surface area contributed by atoms with Crippen LogP contribution in [0.15, 0.2) is 33.8 Å². The van der Waals surface area contributed by atoms with Gasteiger partial charge in [0.05, 0.1) is 13.1 Å². The second-order valence-electron chi connectivity index (χ2n) is 4.90. The van der Waals surface area contributed by atoms with Gasteiger partial charge < -0.3 is 19.9 Å². The van der Waals surface area contributed by atoms with Crippen LogP contribution >= 0.6 is 24.0 Å². The number of rotatable bonds is 6. The van der Waals surface area contributed by atoms with Crippen LogP contribution in [0.2, 0.25) is 0 Å². The molecule has 2 aromatic rings. The van der Waals surface area contributed by atoms with Gasteiger partial charge >= 0.3 is 0 Å². The minimum absolute atomic E-state index is 0. The van der Waals surface area contributed by atoms with Crippen LogP contribution < -0.4 is 15.4 Å². The minimum atomic E-state index is -0.381. The number of guanidine groups is 1. The standard InChI is InChI=1S/C15H20FN5O2.HI/c1-10(22-13-7-5-4-6-12(13)16)8-18-15(17-3)19-9-14-20-11(2)21-23-14;/h4-7,10H,8-9H2,1-3H3,(H2,17,18,19);1H. The van der Waals surface area contributed by atoms with Crippen LogP contribution in [0.4, 0.5) is 4.39 Å². The van der Waals surface area contributed by atoms with E-state index in [2.05, 4.69) is 25.8 Å². The van der Waals surface area contributed by atoms with Gasteiger partial charge in [0.2, 0.25) is 5.89 Å². The summed E-state index contributed by atoms with van der Waals surface area (Å²) in [5.41, 5.74) is 0. The minimum Gasteiger partial charge on any atom is -0.486 e. The number of aromatic nitrogens is 2. The molecule has 1 heterocycles. The number of aryl methyl sites for hydroxylation is 1.